The molecule has 0 radical (unpaired) electrons. The van der Waals surface area contributed by atoms with E-state index < -0.39 is 5.97 Å². The Morgan fingerprint density at radius 3 is 2.38 bits per heavy atom. The maximum Gasteiger partial charge on any atom is 0.340 e. The molecule has 0 unspecified atom stereocenters. The van der Waals surface area contributed by atoms with E-state index >= 15 is 0 Å². The maximum absolute atomic E-state index is 12.1. The quantitative estimate of drug-likeness (QED) is 0.825. The zero-order valence-corrected chi connectivity index (χ0v) is 14.1. The first kappa shape index (κ1) is 17.5. The first-order chi connectivity index (χ1) is 11.5. The highest BCUT2D eigenvalue weighted by Crippen LogP contribution is 2.18. The molecule has 2 aromatic carbocycles. The molecule has 0 fully saturated rings. The van der Waals surface area contributed by atoms with Crippen molar-refractivity contribution >= 4 is 17.6 Å². The van der Waals surface area contributed by atoms with E-state index in [1.54, 1.807) is 31.2 Å². The van der Waals surface area contributed by atoms with Crippen molar-refractivity contribution in [2.75, 3.05) is 18.5 Å². The number of anilines is 1. The summed E-state index contributed by atoms with van der Waals surface area (Å²) < 4.78 is 10.5. The molecule has 126 valence electrons. The molecule has 1 amide bonds. The third-order valence-corrected chi connectivity index (χ3v) is 3.26. The Balaban J connectivity index is 2.01. The molecule has 0 aromatic heterocycles. The predicted octanol–water partition coefficient (Wildman–Crippen LogP) is 3.50. The van der Waals surface area contributed by atoms with Crippen LogP contribution in [-0.2, 0) is 9.53 Å². The molecule has 0 aliphatic rings. The molecule has 2 rings (SSSR count). The minimum atomic E-state index is -0.469. The van der Waals surface area contributed by atoms with E-state index in [9.17, 15) is 9.59 Å². The monoisotopic (exact) mass is 327 g/mol. The van der Waals surface area contributed by atoms with Gasteiger partial charge in [0, 0.05) is 0 Å². The van der Waals surface area contributed by atoms with Crippen LogP contribution in [0.5, 0.6) is 5.75 Å². The number of hydrogen-bond donors (Lipinski definition) is 1. The highest BCUT2D eigenvalue weighted by Gasteiger charge is 2.14. The summed E-state index contributed by atoms with van der Waals surface area (Å²) in [5.74, 6) is -0.170. The van der Waals surface area contributed by atoms with Crippen LogP contribution < -0.4 is 10.1 Å². The average Bonchev–Trinajstić information content (AvgIpc) is 2.53. The molecular weight excluding hydrogens is 306 g/mol. The lowest BCUT2D eigenvalue weighted by Crippen LogP contribution is -2.22. The van der Waals surface area contributed by atoms with Gasteiger partial charge in [0.1, 0.15) is 5.75 Å². The summed E-state index contributed by atoms with van der Waals surface area (Å²) in [5.41, 5.74) is 2.86. The summed E-state index contributed by atoms with van der Waals surface area (Å²) >= 11 is 0. The molecule has 0 aliphatic heterocycles. The lowest BCUT2D eigenvalue weighted by Gasteiger charge is -2.11. The Morgan fingerprint density at radius 1 is 1.04 bits per heavy atom. The number of aryl methyl sites for hydroxylation is 2. The average molecular weight is 327 g/mol. The molecule has 0 atom stereocenters. The number of benzene rings is 2. The van der Waals surface area contributed by atoms with E-state index in [0.717, 1.165) is 11.1 Å². The summed E-state index contributed by atoms with van der Waals surface area (Å²) in [6.07, 6.45) is 0. The number of ether oxygens (including phenoxy) is 2. The minimum Gasteiger partial charge on any atom is -0.484 e. The molecule has 2 aromatic rings. The van der Waals surface area contributed by atoms with Crippen LogP contribution in [0, 0.1) is 13.8 Å². The molecule has 0 saturated heterocycles. The van der Waals surface area contributed by atoms with Gasteiger partial charge in [-0.2, -0.15) is 0 Å². The lowest BCUT2D eigenvalue weighted by atomic mass is 10.1. The molecule has 1 N–H and O–H groups in total. The Hall–Kier alpha value is -2.82. The Kier molecular flexibility index (Phi) is 5.95. The van der Waals surface area contributed by atoms with Gasteiger partial charge >= 0.3 is 5.97 Å². The third-order valence-electron chi connectivity index (χ3n) is 3.26. The van der Waals surface area contributed by atoms with Crippen LogP contribution in [0.4, 0.5) is 5.69 Å². The smallest absolute Gasteiger partial charge is 0.340 e. The SMILES string of the molecule is CCOC(=O)c1ccccc1NC(=O)COc1cc(C)cc(C)c1. The van der Waals surface area contributed by atoms with Crippen molar-refractivity contribution in [2.45, 2.75) is 20.8 Å². The number of carbonyl (C=O) groups excluding carboxylic acids is 2. The largest absolute Gasteiger partial charge is 0.484 e. The third kappa shape index (κ3) is 4.84. The van der Waals surface area contributed by atoms with Gasteiger partial charge in [0.05, 0.1) is 17.9 Å². The molecule has 5 heteroatoms. The first-order valence-corrected chi connectivity index (χ1v) is 7.76. The van der Waals surface area contributed by atoms with Gasteiger partial charge in [0.15, 0.2) is 6.61 Å². The van der Waals surface area contributed by atoms with Crippen molar-refractivity contribution in [1.82, 2.24) is 0 Å². The molecule has 24 heavy (non-hydrogen) atoms. The van der Waals surface area contributed by atoms with Crippen LogP contribution in [-0.4, -0.2) is 25.1 Å². The van der Waals surface area contributed by atoms with E-state index in [2.05, 4.69) is 5.32 Å². The molecule has 0 bridgehead atoms. The van der Waals surface area contributed by atoms with E-state index in [1.807, 2.05) is 32.0 Å². The lowest BCUT2D eigenvalue weighted by molar-refractivity contribution is -0.118. The molecule has 0 saturated carbocycles. The second kappa shape index (κ2) is 8.15. The van der Waals surface area contributed by atoms with Gasteiger partial charge < -0.3 is 14.8 Å². The number of para-hydroxylation sites is 1. The minimum absolute atomic E-state index is 0.139. The van der Waals surface area contributed by atoms with Crippen LogP contribution >= 0.6 is 0 Å². The van der Waals surface area contributed by atoms with Gasteiger partial charge in [-0.1, -0.05) is 18.2 Å². The molecule has 5 nitrogen and oxygen atoms in total. The van der Waals surface area contributed by atoms with Crippen molar-refractivity contribution in [3.8, 4) is 5.75 Å². The van der Waals surface area contributed by atoms with Crippen molar-refractivity contribution in [3.63, 3.8) is 0 Å². The number of carbonyl (C=O) groups is 2. The van der Waals surface area contributed by atoms with Crippen LogP contribution in [0.2, 0.25) is 0 Å². The number of hydrogen-bond acceptors (Lipinski definition) is 4. The number of rotatable bonds is 6. The highest BCUT2D eigenvalue weighted by atomic mass is 16.5. The standard InChI is InChI=1S/C19H21NO4/c1-4-23-19(22)16-7-5-6-8-17(16)20-18(21)12-24-15-10-13(2)9-14(3)11-15/h5-11H,4,12H2,1-3H3,(H,20,21). The van der Waals surface area contributed by atoms with Gasteiger partial charge in [0.2, 0.25) is 0 Å². The number of nitrogens with one attached hydrogen (secondary N) is 1. The highest BCUT2D eigenvalue weighted by molar-refractivity contribution is 6.01. The molecule has 0 heterocycles. The Morgan fingerprint density at radius 2 is 1.71 bits per heavy atom. The Bertz CT molecular complexity index is 720. The van der Waals surface area contributed by atoms with Gasteiger partial charge in [-0.15, -0.1) is 0 Å². The zero-order valence-electron chi connectivity index (χ0n) is 14.1. The fourth-order valence-corrected chi connectivity index (χ4v) is 2.33. The summed E-state index contributed by atoms with van der Waals surface area (Å²) in [7, 11) is 0. The second-order valence-electron chi connectivity index (χ2n) is 5.43. The Labute approximate surface area is 141 Å². The van der Waals surface area contributed by atoms with Gasteiger partial charge in [-0.3, -0.25) is 4.79 Å². The van der Waals surface area contributed by atoms with E-state index in [4.69, 9.17) is 9.47 Å². The van der Waals surface area contributed by atoms with Gasteiger partial charge in [-0.25, -0.2) is 4.79 Å². The summed E-state index contributed by atoms with van der Waals surface area (Å²) in [6, 6.07) is 12.5. The fraction of sp³-hybridized carbons (Fsp3) is 0.263. The van der Waals surface area contributed by atoms with Crippen molar-refractivity contribution < 1.29 is 19.1 Å². The molecule has 0 aliphatic carbocycles. The van der Waals surface area contributed by atoms with Crippen LogP contribution in [0.3, 0.4) is 0 Å². The number of amides is 1. The first-order valence-electron chi connectivity index (χ1n) is 7.76. The van der Waals surface area contributed by atoms with Crippen LogP contribution in [0.25, 0.3) is 0 Å². The summed E-state index contributed by atoms with van der Waals surface area (Å²) in [6.45, 7) is 5.80. The van der Waals surface area contributed by atoms with Crippen LogP contribution in [0.15, 0.2) is 42.5 Å². The normalized spacial score (nSPS) is 10.1. The van der Waals surface area contributed by atoms with Crippen LogP contribution in [0.1, 0.15) is 28.4 Å². The van der Waals surface area contributed by atoms with Crippen molar-refractivity contribution in [2.24, 2.45) is 0 Å². The topological polar surface area (TPSA) is 64.6 Å². The van der Waals surface area contributed by atoms with E-state index in [0.29, 0.717) is 17.0 Å². The zero-order chi connectivity index (χ0) is 17.5. The van der Waals surface area contributed by atoms with E-state index in [-0.39, 0.29) is 19.1 Å². The van der Waals surface area contributed by atoms with Crippen molar-refractivity contribution in [3.05, 3.63) is 59.2 Å². The fourth-order valence-electron chi connectivity index (χ4n) is 2.33. The summed E-state index contributed by atoms with van der Waals surface area (Å²) in [4.78, 5) is 24.0. The van der Waals surface area contributed by atoms with Gasteiger partial charge in [-0.05, 0) is 56.2 Å². The van der Waals surface area contributed by atoms with Gasteiger partial charge in [0.25, 0.3) is 5.91 Å². The molecule has 0 spiro atoms. The summed E-state index contributed by atoms with van der Waals surface area (Å²) in [5, 5.41) is 2.68. The number of esters is 1. The predicted molar refractivity (Wildman–Crippen MR) is 92.4 cm³/mol. The maximum atomic E-state index is 12.1. The van der Waals surface area contributed by atoms with E-state index in [1.165, 1.54) is 0 Å². The second-order valence-corrected chi connectivity index (χ2v) is 5.43. The molecular formula is C19H21NO4. The van der Waals surface area contributed by atoms with Crippen molar-refractivity contribution in [1.29, 1.82) is 0 Å².